The molecule has 0 aliphatic carbocycles. The molecular weight excluding hydrogens is 389 g/mol. The molecule has 1 aromatic carbocycles. The molecule has 2 rings (SSSR count). The number of hydrogen-bond donors (Lipinski definition) is 2. The van der Waals surface area contributed by atoms with E-state index in [0.717, 1.165) is 15.6 Å². The van der Waals surface area contributed by atoms with E-state index in [1.807, 2.05) is 41.0 Å². The molecule has 1 aromatic heterocycles. The Labute approximate surface area is 134 Å². The molecular formula is C14H12INO3S. The van der Waals surface area contributed by atoms with Crippen LogP contribution in [-0.2, 0) is 6.42 Å². The average molecular weight is 401 g/mol. The largest absolute Gasteiger partial charge is 0.478 e. The fraction of sp³-hybridized carbons (Fsp3) is 0.143. The number of benzene rings is 1. The minimum Gasteiger partial charge on any atom is -0.478 e. The van der Waals surface area contributed by atoms with Crippen LogP contribution in [0.1, 0.15) is 32.5 Å². The summed E-state index contributed by atoms with van der Waals surface area (Å²) in [5.41, 5.74) is 1.38. The number of aryl methyl sites for hydroxylation is 1. The highest BCUT2D eigenvalue weighted by molar-refractivity contribution is 14.1. The third kappa shape index (κ3) is 3.18. The maximum absolute atomic E-state index is 12.2. The van der Waals surface area contributed by atoms with Gasteiger partial charge in [-0.2, -0.15) is 0 Å². The zero-order chi connectivity index (χ0) is 14.7. The van der Waals surface area contributed by atoms with Crippen LogP contribution in [0, 0.1) is 3.57 Å². The lowest BCUT2D eigenvalue weighted by Gasteiger charge is -2.09. The second-order valence-corrected chi connectivity index (χ2v) is 6.24. The number of carbonyl (C=O) groups excluding carboxylic acids is 1. The highest BCUT2D eigenvalue weighted by Gasteiger charge is 2.16. The summed E-state index contributed by atoms with van der Waals surface area (Å²) >= 11 is 3.39. The summed E-state index contributed by atoms with van der Waals surface area (Å²) in [6, 6.07) is 6.82. The number of carboxylic acids is 1. The standard InChI is InChI=1S/C14H12INO3S/c1-2-8-5-6-20-12(8)13(17)16-11-4-3-9(15)7-10(11)14(18)19/h3-7H,2H2,1H3,(H,16,17)(H,18,19). The SMILES string of the molecule is CCc1ccsc1C(=O)Nc1ccc(I)cc1C(=O)O. The first-order valence-corrected chi connectivity index (χ1v) is 7.89. The van der Waals surface area contributed by atoms with Crippen molar-refractivity contribution in [2.45, 2.75) is 13.3 Å². The predicted octanol–water partition coefficient (Wildman–Crippen LogP) is 3.87. The molecule has 0 saturated heterocycles. The van der Waals surface area contributed by atoms with Crippen molar-refractivity contribution in [1.29, 1.82) is 0 Å². The van der Waals surface area contributed by atoms with Crippen LogP contribution in [0.25, 0.3) is 0 Å². The van der Waals surface area contributed by atoms with E-state index in [2.05, 4.69) is 5.32 Å². The van der Waals surface area contributed by atoms with Gasteiger partial charge in [-0.15, -0.1) is 11.3 Å². The highest BCUT2D eigenvalue weighted by atomic mass is 127. The molecule has 20 heavy (non-hydrogen) atoms. The number of carboxylic acid groups (broad SMARTS) is 1. The molecule has 0 radical (unpaired) electrons. The van der Waals surface area contributed by atoms with Gasteiger partial charge < -0.3 is 10.4 Å². The molecule has 4 nitrogen and oxygen atoms in total. The summed E-state index contributed by atoms with van der Waals surface area (Å²) < 4.78 is 0.809. The molecule has 0 aliphatic rings. The number of amides is 1. The normalized spacial score (nSPS) is 10.3. The first kappa shape index (κ1) is 15.0. The van der Waals surface area contributed by atoms with Crippen molar-refractivity contribution in [3.05, 3.63) is 49.2 Å². The van der Waals surface area contributed by atoms with Crippen molar-refractivity contribution < 1.29 is 14.7 Å². The number of hydrogen-bond acceptors (Lipinski definition) is 3. The molecule has 6 heteroatoms. The topological polar surface area (TPSA) is 66.4 Å². The Hall–Kier alpha value is -1.41. The third-order valence-electron chi connectivity index (χ3n) is 2.79. The van der Waals surface area contributed by atoms with Crippen LogP contribution in [0.3, 0.4) is 0 Å². The lowest BCUT2D eigenvalue weighted by atomic mass is 10.1. The predicted molar refractivity (Wildman–Crippen MR) is 87.8 cm³/mol. The number of anilines is 1. The van der Waals surface area contributed by atoms with E-state index in [0.29, 0.717) is 10.6 Å². The van der Waals surface area contributed by atoms with Gasteiger partial charge in [0, 0.05) is 3.57 Å². The van der Waals surface area contributed by atoms with Crippen LogP contribution in [-0.4, -0.2) is 17.0 Å². The second-order valence-electron chi connectivity index (χ2n) is 4.08. The van der Waals surface area contributed by atoms with Gasteiger partial charge in [0.15, 0.2) is 0 Å². The average Bonchev–Trinajstić information content (AvgIpc) is 2.89. The molecule has 1 heterocycles. The smallest absolute Gasteiger partial charge is 0.337 e. The van der Waals surface area contributed by atoms with Crippen LogP contribution < -0.4 is 5.32 Å². The Bertz CT molecular complexity index is 666. The molecule has 0 unspecified atom stereocenters. The minimum absolute atomic E-state index is 0.0971. The fourth-order valence-corrected chi connectivity index (χ4v) is 3.18. The van der Waals surface area contributed by atoms with Gasteiger partial charge in [0.1, 0.15) is 0 Å². The molecule has 1 amide bonds. The summed E-state index contributed by atoms with van der Waals surface area (Å²) in [6.07, 6.45) is 0.769. The molecule has 104 valence electrons. The summed E-state index contributed by atoms with van der Waals surface area (Å²) in [7, 11) is 0. The number of thiophene rings is 1. The number of halogens is 1. The maximum atomic E-state index is 12.2. The van der Waals surface area contributed by atoms with Crippen LogP contribution >= 0.6 is 33.9 Å². The van der Waals surface area contributed by atoms with Crippen molar-refractivity contribution in [3.63, 3.8) is 0 Å². The lowest BCUT2D eigenvalue weighted by Crippen LogP contribution is -2.15. The van der Waals surface area contributed by atoms with Crippen molar-refractivity contribution in [3.8, 4) is 0 Å². The van der Waals surface area contributed by atoms with Gasteiger partial charge in [0.05, 0.1) is 16.1 Å². The summed E-state index contributed by atoms with van der Waals surface area (Å²) in [5.74, 6) is -1.32. The Morgan fingerprint density at radius 2 is 2.10 bits per heavy atom. The number of rotatable bonds is 4. The molecule has 0 aliphatic heterocycles. The molecule has 2 N–H and O–H groups in total. The van der Waals surface area contributed by atoms with Gasteiger partial charge in [-0.1, -0.05) is 6.92 Å². The Balaban J connectivity index is 2.31. The Morgan fingerprint density at radius 3 is 2.75 bits per heavy atom. The first-order valence-electron chi connectivity index (χ1n) is 5.93. The summed E-state index contributed by atoms with van der Waals surface area (Å²) in [6.45, 7) is 1.98. The molecule has 0 atom stereocenters. The van der Waals surface area contributed by atoms with Gasteiger partial charge in [0.25, 0.3) is 5.91 Å². The second kappa shape index (κ2) is 6.36. The van der Waals surface area contributed by atoms with Gasteiger partial charge >= 0.3 is 5.97 Å². The minimum atomic E-state index is -1.05. The number of nitrogens with one attached hydrogen (secondary N) is 1. The quantitative estimate of drug-likeness (QED) is 0.765. The van der Waals surface area contributed by atoms with Crippen molar-refractivity contribution >= 4 is 51.5 Å². The zero-order valence-corrected chi connectivity index (χ0v) is 13.6. The monoisotopic (exact) mass is 401 g/mol. The van der Waals surface area contributed by atoms with Gasteiger partial charge in [-0.05, 0) is 64.2 Å². The van der Waals surface area contributed by atoms with E-state index in [1.54, 1.807) is 12.1 Å². The molecule has 0 bridgehead atoms. The molecule has 0 fully saturated rings. The van der Waals surface area contributed by atoms with Crippen LogP contribution in [0.15, 0.2) is 29.6 Å². The lowest BCUT2D eigenvalue weighted by molar-refractivity contribution is 0.0698. The maximum Gasteiger partial charge on any atom is 0.337 e. The van der Waals surface area contributed by atoms with E-state index in [4.69, 9.17) is 0 Å². The zero-order valence-electron chi connectivity index (χ0n) is 10.6. The summed E-state index contributed by atoms with van der Waals surface area (Å²) in [5, 5.41) is 13.7. The van der Waals surface area contributed by atoms with E-state index in [1.165, 1.54) is 17.4 Å². The Kier molecular flexibility index (Phi) is 4.77. The van der Waals surface area contributed by atoms with Crippen molar-refractivity contribution in [2.24, 2.45) is 0 Å². The highest BCUT2D eigenvalue weighted by Crippen LogP contribution is 2.23. The van der Waals surface area contributed by atoms with E-state index in [9.17, 15) is 14.7 Å². The van der Waals surface area contributed by atoms with Gasteiger partial charge in [-0.3, -0.25) is 4.79 Å². The first-order chi connectivity index (χ1) is 9.52. The van der Waals surface area contributed by atoms with E-state index >= 15 is 0 Å². The fourth-order valence-electron chi connectivity index (χ4n) is 1.79. The van der Waals surface area contributed by atoms with Crippen molar-refractivity contribution in [2.75, 3.05) is 5.32 Å². The summed E-state index contributed by atoms with van der Waals surface area (Å²) in [4.78, 5) is 24.1. The number of carbonyl (C=O) groups is 2. The van der Waals surface area contributed by atoms with Gasteiger partial charge in [-0.25, -0.2) is 4.79 Å². The number of aromatic carboxylic acids is 1. The molecule has 0 saturated carbocycles. The van der Waals surface area contributed by atoms with Crippen LogP contribution in [0.5, 0.6) is 0 Å². The van der Waals surface area contributed by atoms with E-state index < -0.39 is 5.97 Å². The van der Waals surface area contributed by atoms with Crippen LogP contribution in [0.4, 0.5) is 5.69 Å². The van der Waals surface area contributed by atoms with Crippen molar-refractivity contribution in [1.82, 2.24) is 0 Å². The van der Waals surface area contributed by atoms with Crippen LogP contribution in [0.2, 0.25) is 0 Å². The van der Waals surface area contributed by atoms with Gasteiger partial charge in [0.2, 0.25) is 0 Å². The third-order valence-corrected chi connectivity index (χ3v) is 4.42. The van der Waals surface area contributed by atoms with E-state index in [-0.39, 0.29) is 11.5 Å². The molecule has 0 spiro atoms. The Morgan fingerprint density at radius 1 is 1.35 bits per heavy atom. The molecule has 2 aromatic rings.